The molecule has 2 aliphatic rings. The SMILES string of the molecule is c1ccc(-c2cc(-c3ccc(-c4ccc5ccc(-c6ccc7c(c6)C6(c8ccccc8-c8ccccc86)c6ccccc6-7)cc5c4)cc3)c3ccccc3n2)nc1. The Hall–Kier alpha value is -7.42. The lowest BCUT2D eigenvalue weighted by Gasteiger charge is -2.30. The highest BCUT2D eigenvalue weighted by atomic mass is 14.8. The summed E-state index contributed by atoms with van der Waals surface area (Å²) in [6.07, 6.45) is 1.82. The summed E-state index contributed by atoms with van der Waals surface area (Å²) in [5.74, 6) is 0. The van der Waals surface area contributed by atoms with E-state index < -0.39 is 0 Å². The van der Waals surface area contributed by atoms with Crippen LogP contribution in [0.5, 0.6) is 0 Å². The van der Waals surface area contributed by atoms with Crippen molar-refractivity contribution in [3.05, 3.63) is 229 Å². The fraction of sp³-hybridized carbons (Fsp3) is 0.0182. The van der Waals surface area contributed by atoms with Gasteiger partial charge < -0.3 is 0 Å². The van der Waals surface area contributed by atoms with Gasteiger partial charge >= 0.3 is 0 Å². The fourth-order valence-corrected chi connectivity index (χ4v) is 9.78. The third-order valence-corrected chi connectivity index (χ3v) is 12.3. The predicted octanol–water partition coefficient (Wildman–Crippen LogP) is 13.8. The minimum atomic E-state index is -0.353. The molecule has 0 bridgehead atoms. The average Bonchev–Trinajstić information content (AvgIpc) is 3.76. The second kappa shape index (κ2) is 12.3. The molecule has 0 saturated carbocycles. The summed E-state index contributed by atoms with van der Waals surface area (Å²) in [5, 5.41) is 3.59. The van der Waals surface area contributed by atoms with Crippen LogP contribution in [0.4, 0.5) is 0 Å². The molecule has 264 valence electrons. The van der Waals surface area contributed by atoms with Crippen molar-refractivity contribution in [3.8, 4) is 67.0 Å². The van der Waals surface area contributed by atoms with Crippen LogP contribution in [0.25, 0.3) is 88.7 Å². The highest BCUT2D eigenvalue weighted by Gasteiger charge is 2.51. The van der Waals surface area contributed by atoms with Crippen LogP contribution in [0.2, 0.25) is 0 Å². The van der Waals surface area contributed by atoms with Crippen LogP contribution in [0.3, 0.4) is 0 Å². The van der Waals surface area contributed by atoms with E-state index >= 15 is 0 Å². The smallest absolute Gasteiger partial charge is 0.0900 e. The molecule has 0 amide bonds. The highest BCUT2D eigenvalue weighted by Crippen LogP contribution is 2.63. The molecule has 2 heteroatoms. The first kappa shape index (κ1) is 31.9. The molecule has 2 nitrogen and oxygen atoms in total. The van der Waals surface area contributed by atoms with Gasteiger partial charge in [-0.1, -0.05) is 158 Å². The Morgan fingerprint density at radius 3 is 1.51 bits per heavy atom. The zero-order chi connectivity index (χ0) is 37.5. The van der Waals surface area contributed by atoms with Gasteiger partial charge in [0.25, 0.3) is 0 Å². The Balaban J connectivity index is 0.940. The Labute approximate surface area is 331 Å². The van der Waals surface area contributed by atoms with E-state index in [1.165, 1.54) is 77.5 Å². The van der Waals surface area contributed by atoms with Gasteiger partial charge in [-0.25, -0.2) is 4.98 Å². The zero-order valence-electron chi connectivity index (χ0n) is 31.0. The van der Waals surface area contributed by atoms with Gasteiger partial charge in [0.2, 0.25) is 0 Å². The molecule has 1 spiro atoms. The zero-order valence-corrected chi connectivity index (χ0v) is 31.0. The summed E-state index contributed by atoms with van der Waals surface area (Å²) in [7, 11) is 0. The Morgan fingerprint density at radius 2 is 0.842 bits per heavy atom. The molecule has 0 fully saturated rings. The quantitative estimate of drug-likeness (QED) is 0.181. The second-order valence-corrected chi connectivity index (χ2v) is 15.3. The molecule has 57 heavy (non-hydrogen) atoms. The van der Waals surface area contributed by atoms with Gasteiger partial charge in [-0.15, -0.1) is 0 Å². The van der Waals surface area contributed by atoms with Crippen LogP contribution in [0.15, 0.2) is 206 Å². The number of fused-ring (bicyclic) bond motifs is 12. The molecular weight excluding hydrogens is 689 g/mol. The number of rotatable bonds is 4. The van der Waals surface area contributed by atoms with E-state index in [0.29, 0.717) is 0 Å². The minimum Gasteiger partial charge on any atom is -0.255 e. The van der Waals surface area contributed by atoms with Crippen molar-refractivity contribution in [1.29, 1.82) is 0 Å². The maximum atomic E-state index is 4.96. The third-order valence-electron chi connectivity index (χ3n) is 12.3. The molecule has 8 aromatic carbocycles. The number of hydrogen-bond acceptors (Lipinski definition) is 2. The van der Waals surface area contributed by atoms with Gasteiger partial charge in [0.1, 0.15) is 0 Å². The molecule has 0 atom stereocenters. The number of nitrogens with zero attached hydrogens (tertiary/aromatic N) is 2. The van der Waals surface area contributed by atoms with Gasteiger partial charge in [0, 0.05) is 11.6 Å². The average molecular weight is 723 g/mol. The monoisotopic (exact) mass is 722 g/mol. The van der Waals surface area contributed by atoms with E-state index in [-0.39, 0.29) is 5.41 Å². The molecule has 0 N–H and O–H groups in total. The summed E-state index contributed by atoms with van der Waals surface area (Å²) in [6.45, 7) is 0. The predicted molar refractivity (Wildman–Crippen MR) is 235 cm³/mol. The lowest BCUT2D eigenvalue weighted by molar-refractivity contribution is 0.794. The van der Waals surface area contributed by atoms with Crippen molar-refractivity contribution in [2.24, 2.45) is 0 Å². The molecule has 0 saturated heterocycles. The normalized spacial score (nSPS) is 13.1. The van der Waals surface area contributed by atoms with E-state index in [9.17, 15) is 0 Å². The first-order valence-electron chi connectivity index (χ1n) is 19.6. The molecular formula is C55H34N2. The molecule has 0 aliphatic heterocycles. The van der Waals surface area contributed by atoms with Crippen molar-refractivity contribution in [2.45, 2.75) is 5.41 Å². The standard InChI is InChI=1S/C55H34N2/c1-5-15-48-42(11-1)43-12-2-6-16-49(43)55(48)50-17-7-3-13-44(50)45-29-28-40(33-51(45)55)39-27-23-36-22-26-38(31-41(36)32-39)35-20-24-37(25-21-35)47-34-54(53-19-9-10-30-56-53)57-52-18-8-4-14-46(47)52/h1-34H. The number of benzene rings is 8. The maximum Gasteiger partial charge on any atom is 0.0900 e. The summed E-state index contributed by atoms with van der Waals surface area (Å²) < 4.78 is 0. The summed E-state index contributed by atoms with van der Waals surface area (Å²) in [6, 6.07) is 73.4. The van der Waals surface area contributed by atoms with Crippen molar-refractivity contribution in [3.63, 3.8) is 0 Å². The molecule has 0 unspecified atom stereocenters. The molecule has 0 radical (unpaired) electrons. The van der Waals surface area contributed by atoms with E-state index in [1.54, 1.807) is 0 Å². The van der Waals surface area contributed by atoms with E-state index in [4.69, 9.17) is 4.98 Å². The van der Waals surface area contributed by atoms with Crippen LogP contribution in [0, 0.1) is 0 Å². The Morgan fingerprint density at radius 1 is 0.316 bits per heavy atom. The van der Waals surface area contributed by atoms with Gasteiger partial charge in [0.05, 0.1) is 22.3 Å². The maximum absolute atomic E-state index is 4.96. The number of pyridine rings is 2. The molecule has 2 heterocycles. The third kappa shape index (κ3) is 4.71. The number of hydrogen-bond donors (Lipinski definition) is 0. The van der Waals surface area contributed by atoms with Gasteiger partial charge in [-0.2, -0.15) is 0 Å². The second-order valence-electron chi connectivity index (χ2n) is 15.3. The van der Waals surface area contributed by atoms with Crippen molar-refractivity contribution < 1.29 is 0 Å². The lowest BCUT2D eigenvalue weighted by Crippen LogP contribution is -2.25. The van der Waals surface area contributed by atoms with Gasteiger partial charge in [-0.05, 0) is 131 Å². The van der Waals surface area contributed by atoms with Crippen LogP contribution < -0.4 is 0 Å². The summed E-state index contributed by atoms with van der Waals surface area (Å²) in [5.41, 5.74) is 20.3. The largest absolute Gasteiger partial charge is 0.255 e. The van der Waals surface area contributed by atoms with E-state index in [0.717, 1.165) is 33.4 Å². The van der Waals surface area contributed by atoms with Crippen molar-refractivity contribution in [2.75, 3.05) is 0 Å². The van der Waals surface area contributed by atoms with Crippen LogP contribution in [-0.4, -0.2) is 9.97 Å². The van der Waals surface area contributed by atoms with E-state index in [2.05, 4.69) is 181 Å². The van der Waals surface area contributed by atoms with Crippen molar-refractivity contribution >= 4 is 21.7 Å². The number of aromatic nitrogens is 2. The first-order valence-corrected chi connectivity index (χ1v) is 19.6. The Bertz CT molecular complexity index is 3170. The molecule has 10 aromatic rings. The molecule has 2 aromatic heterocycles. The first-order chi connectivity index (χ1) is 28.2. The Kier molecular flexibility index (Phi) is 6.88. The van der Waals surface area contributed by atoms with Crippen LogP contribution in [-0.2, 0) is 5.41 Å². The van der Waals surface area contributed by atoms with Crippen LogP contribution >= 0.6 is 0 Å². The summed E-state index contributed by atoms with van der Waals surface area (Å²) >= 11 is 0. The highest BCUT2D eigenvalue weighted by molar-refractivity contribution is 5.99. The minimum absolute atomic E-state index is 0.353. The summed E-state index contributed by atoms with van der Waals surface area (Å²) in [4.78, 5) is 9.54. The van der Waals surface area contributed by atoms with E-state index in [1.807, 2.05) is 30.5 Å². The topological polar surface area (TPSA) is 25.8 Å². The lowest BCUT2D eigenvalue weighted by atomic mass is 9.70. The number of para-hydroxylation sites is 1. The fourth-order valence-electron chi connectivity index (χ4n) is 9.78. The van der Waals surface area contributed by atoms with Crippen LogP contribution in [0.1, 0.15) is 22.3 Å². The van der Waals surface area contributed by atoms with Crippen molar-refractivity contribution in [1.82, 2.24) is 9.97 Å². The molecule has 2 aliphatic carbocycles. The molecule has 12 rings (SSSR count). The van der Waals surface area contributed by atoms with Gasteiger partial charge in [0.15, 0.2) is 0 Å². The van der Waals surface area contributed by atoms with Gasteiger partial charge in [-0.3, -0.25) is 4.98 Å².